The number of sulfone groups is 1. The molecule has 0 N–H and O–H groups in total. The van der Waals surface area contributed by atoms with E-state index in [9.17, 15) is 8.42 Å². The number of aliphatic imine (C=N–C) groups is 2. The van der Waals surface area contributed by atoms with Crippen molar-refractivity contribution in [1.82, 2.24) is 9.80 Å². The number of fused-ring (bicyclic) bond motifs is 3. The first kappa shape index (κ1) is 25.3. The first-order valence-electron chi connectivity index (χ1n) is 15.3. The second kappa shape index (κ2) is 10.4. The number of benzene rings is 2. The van der Waals surface area contributed by atoms with Gasteiger partial charge in [-0.25, -0.2) is 18.4 Å². The summed E-state index contributed by atoms with van der Waals surface area (Å²) in [4.78, 5) is 15.8. The smallest absolute Gasteiger partial charge is 0.207 e. The van der Waals surface area contributed by atoms with E-state index in [0.717, 1.165) is 72.9 Å². The van der Waals surface area contributed by atoms with Crippen molar-refractivity contribution < 1.29 is 8.42 Å². The van der Waals surface area contributed by atoms with Gasteiger partial charge in [0.15, 0.2) is 0 Å². The Bertz CT molecular complexity index is 1320. The minimum absolute atomic E-state index is 0.385. The van der Waals surface area contributed by atoms with Crippen LogP contribution in [0.2, 0.25) is 0 Å². The Morgan fingerprint density at radius 3 is 1.46 bits per heavy atom. The van der Waals surface area contributed by atoms with Gasteiger partial charge in [-0.2, -0.15) is 0 Å². The van der Waals surface area contributed by atoms with Gasteiger partial charge in [0, 0.05) is 49.1 Å². The molecule has 0 aromatic heterocycles. The maximum absolute atomic E-state index is 13.8. The molecule has 2 aromatic rings. The summed E-state index contributed by atoms with van der Waals surface area (Å²) in [6.07, 6.45) is 17.1. The minimum atomic E-state index is -3.61. The van der Waals surface area contributed by atoms with Gasteiger partial charge >= 0.3 is 0 Å². The SMILES string of the molecule is O=S1(=O)c2cc(N=C3CCCN3C3CCCCC3)ccc2-c2ccc(N=C3CCCN3C3CCCCC3)cc21. The average molecular weight is 545 g/mol. The van der Waals surface area contributed by atoms with E-state index < -0.39 is 9.84 Å². The minimum Gasteiger partial charge on any atom is -0.357 e. The molecule has 39 heavy (non-hydrogen) atoms. The third-order valence-corrected chi connectivity index (χ3v) is 11.4. The molecule has 0 unspecified atom stereocenters. The molecule has 0 amide bonds. The Balaban J connectivity index is 1.16. The monoisotopic (exact) mass is 544 g/mol. The zero-order valence-electron chi connectivity index (χ0n) is 22.9. The van der Waals surface area contributed by atoms with Crippen LogP contribution in [0.15, 0.2) is 56.2 Å². The van der Waals surface area contributed by atoms with Gasteiger partial charge in [-0.05, 0) is 62.8 Å². The second-order valence-electron chi connectivity index (χ2n) is 12.1. The molecule has 6 nitrogen and oxygen atoms in total. The Morgan fingerprint density at radius 1 is 0.590 bits per heavy atom. The fourth-order valence-corrected chi connectivity index (χ4v) is 9.36. The Kier molecular flexibility index (Phi) is 6.74. The number of amidine groups is 2. The summed E-state index contributed by atoms with van der Waals surface area (Å²) in [6.45, 7) is 2.14. The van der Waals surface area contributed by atoms with E-state index in [4.69, 9.17) is 9.98 Å². The Hall–Kier alpha value is -2.67. The van der Waals surface area contributed by atoms with Crippen LogP contribution < -0.4 is 0 Å². The normalized spacial score (nSPS) is 25.5. The van der Waals surface area contributed by atoms with Crippen molar-refractivity contribution in [2.45, 2.75) is 112 Å². The van der Waals surface area contributed by atoms with E-state index in [2.05, 4.69) is 9.80 Å². The van der Waals surface area contributed by atoms with Crippen LogP contribution in [0.25, 0.3) is 11.1 Å². The maximum atomic E-state index is 13.8. The summed E-state index contributed by atoms with van der Waals surface area (Å²) in [6, 6.07) is 12.7. The van der Waals surface area contributed by atoms with E-state index in [0.29, 0.717) is 21.9 Å². The predicted octanol–water partition coefficient (Wildman–Crippen LogP) is 7.42. The van der Waals surface area contributed by atoms with E-state index >= 15 is 0 Å². The first-order chi connectivity index (χ1) is 19.1. The molecular formula is C32H40N4O2S. The Labute approximate surface area is 233 Å². The van der Waals surface area contributed by atoms with Gasteiger partial charge in [0.1, 0.15) is 11.7 Å². The summed E-state index contributed by atoms with van der Waals surface area (Å²) in [5, 5.41) is 0. The van der Waals surface area contributed by atoms with Crippen LogP contribution >= 0.6 is 0 Å². The van der Waals surface area contributed by atoms with Gasteiger partial charge in [-0.1, -0.05) is 50.7 Å². The highest BCUT2D eigenvalue weighted by molar-refractivity contribution is 7.92. The summed E-state index contributed by atoms with van der Waals surface area (Å²) < 4.78 is 27.5. The maximum Gasteiger partial charge on any atom is 0.207 e. The van der Waals surface area contributed by atoms with E-state index in [1.54, 1.807) is 12.1 Å². The Morgan fingerprint density at radius 2 is 1.03 bits per heavy atom. The summed E-state index contributed by atoms with van der Waals surface area (Å²) in [5.74, 6) is 2.26. The molecule has 4 fully saturated rings. The third-order valence-electron chi connectivity index (χ3n) is 9.61. The van der Waals surface area contributed by atoms with Crippen LogP contribution in [0.1, 0.15) is 89.9 Å². The number of rotatable bonds is 4. The molecule has 0 radical (unpaired) electrons. The number of likely N-dealkylation sites (tertiary alicyclic amines) is 2. The van der Waals surface area contributed by atoms with Crippen molar-refractivity contribution >= 4 is 32.9 Å². The van der Waals surface area contributed by atoms with Gasteiger partial charge in [0.05, 0.1) is 21.2 Å². The van der Waals surface area contributed by atoms with E-state index in [1.807, 2.05) is 24.3 Å². The van der Waals surface area contributed by atoms with Crippen LogP contribution in [0.3, 0.4) is 0 Å². The van der Waals surface area contributed by atoms with E-state index in [1.165, 1.54) is 64.2 Å². The average Bonchev–Trinajstić information content (AvgIpc) is 3.68. The highest BCUT2D eigenvalue weighted by Crippen LogP contribution is 2.46. The van der Waals surface area contributed by atoms with Crippen molar-refractivity contribution in [3.05, 3.63) is 36.4 Å². The fourth-order valence-electron chi connectivity index (χ4n) is 7.64. The molecule has 2 saturated carbocycles. The van der Waals surface area contributed by atoms with Crippen molar-refractivity contribution in [3.63, 3.8) is 0 Å². The molecule has 3 heterocycles. The zero-order valence-corrected chi connectivity index (χ0v) is 23.8. The quantitative estimate of drug-likeness (QED) is 0.343. The third kappa shape index (κ3) is 4.71. The van der Waals surface area contributed by atoms with Crippen LogP contribution in [-0.4, -0.2) is 55.1 Å². The standard InChI is InChI=1S/C32H40N4O2S/c37-39(38)29-21-23(33-31-13-7-19-35(31)25-9-3-1-4-10-25)15-17-27(29)28-18-16-24(22-30(28)39)34-32-14-8-20-36(32)26-11-5-2-6-12-26/h15-18,21-22,25-26H,1-14,19-20H2. The van der Waals surface area contributed by atoms with Gasteiger partial charge < -0.3 is 9.80 Å². The highest BCUT2D eigenvalue weighted by atomic mass is 32.2. The second-order valence-corrected chi connectivity index (χ2v) is 14.0. The highest BCUT2D eigenvalue weighted by Gasteiger charge is 2.34. The fraction of sp³-hybridized carbons (Fsp3) is 0.562. The summed E-state index contributed by atoms with van der Waals surface area (Å²) in [7, 11) is -3.61. The summed E-state index contributed by atoms with van der Waals surface area (Å²) >= 11 is 0. The number of hydrogen-bond acceptors (Lipinski definition) is 4. The molecule has 2 aromatic carbocycles. The lowest BCUT2D eigenvalue weighted by Crippen LogP contribution is -2.37. The number of nitrogens with zero attached hydrogens (tertiary/aromatic N) is 4. The van der Waals surface area contributed by atoms with Gasteiger partial charge in [0.25, 0.3) is 0 Å². The molecule has 2 aliphatic carbocycles. The predicted molar refractivity (Wildman–Crippen MR) is 157 cm³/mol. The van der Waals surface area contributed by atoms with Crippen molar-refractivity contribution in [1.29, 1.82) is 0 Å². The molecular weight excluding hydrogens is 504 g/mol. The molecule has 5 aliphatic rings. The molecule has 2 saturated heterocycles. The lowest BCUT2D eigenvalue weighted by Gasteiger charge is -2.32. The molecule has 206 valence electrons. The molecule has 0 bridgehead atoms. The summed E-state index contributed by atoms with van der Waals surface area (Å²) in [5.41, 5.74) is 3.07. The largest absolute Gasteiger partial charge is 0.357 e. The topological polar surface area (TPSA) is 65.3 Å². The first-order valence-corrected chi connectivity index (χ1v) is 16.8. The lowest BCUT2D eigenvalue weighted by molar-refractivity contribution is 0.258. The lowest BCUT2D eigenvalue weighted by atomic mass is 9.94. The molecule has 0 atom stereocenters. The molecule has 3 aliphatic heterocycles. The van der Waals surface area contributed by atoms with Gasteiger partial charge in [0.2, 0.25) is 9.84 Å². The van der Waals surface area contributed by atoms with Gasteiger partial charge in [-0.15, -0.1) is 0 Å². The van der Waals surface area contributed by atoms with Gasteiger partial charge in [-0.3, -0.25) is 0 Å². The van der Waals surface area contributed by atoms with Crippen molar-refractivity contribution in [3.8, 4) is 11.1 Å². The van der Waals surface area contributed by atoms with Crippen LogP contribution in [0, 0.1) is 0 Å². The molecule has 0 spiro atoms. The van der Waals surface area contributed by atoms with Crippen LogP contribution in [0.4, 0.5) is 11.4 Å². The van der Waals surface area contributed by atoms with Crippen molar-refractivity contribution in [2.24, 2.45) is 9.98 Å². The molecule has 7 heteroatoms. The van der Waals surface area contributed by atoms with Crippen LogP contribution in [-0.2, 0) is 9.84 Å². The van der Waals surface area contributed by atoms with E-state index in [-0.39, 0.29) is 0 Å². The number of hydrogen-bond donors (Lipinski definition) is 0. The van der Waals surface area contributed by atoms with Crippen LogP contribution in [0.5, 0.6) is 0 Å². The zero-order chi connectivity index (χ0) is 26.4. The van der Waals surface area contributed by atoms with Crippen molar-refractivity contribution in [2.75, 3.05) is 13.1 Å². The molecule has 7 rings (SSSR count).